The Morgan fingerprint density at radius 1 is 1.15 bits per heavy atom. The van der Waals surface area contributed by atoms with Crippen LogP contribution < -0.4 is 0 Å². The number of methoxy groups -OCH3 is 1. The fourth-order valence-corrected chi connectivity index (χ4v) is 3.29. The SMILES string of the molecule is CCCCC(CCCC(=O)OC)O[Si](C)(C)C(C)(C)C. The van der Waals surface area contributed by atoms with Gasteiger partial charge in [0.1, 0.15) is 0 Å². The average Bonchev–Trinajstić information content (AvgIpc) is 2.33. The standard InChI is InChI=1S/C16H34O3Si/c1-8-9-11-14(12-10-13-15(17)18-5)19-20(6,7)16(2,3)4/h14H,8-13H2,1-7H3. The molecule has 1 atom stereocenters. The van der Waals surface area contributed by atoms with Crippen LogP contribution in [0.15, 0.2) is 0 Å². The molecule has 0 aliphatic heterocycles. The van der Waals surface area contributed by atoms with Crippen molar-refractivity contribution in [3.05, 3.63) is 0 Å². The maximum Gasteiger partial charge on any atom is 0.305 e. The average molecular weight is 303 g/mol. The van der Waals surface area contributed by atoms with Crippen molar-refractivity contribution >= 4 is 14.3 Å². The molecule has 4 heteroatoms. The molecule has 0 saturated carbocycles. The summed E-state index contributed by atoms with van der Waals surface area (Å²) in [6.07, 6.45) is 6.09. The van der Waals surface area contributed by atoms with E-state index in [-0.39, 0.29) is 11.0 Å². The molecule has 0 aromatic carbocycles. The van der Waals surface area contributed by atoms with Gasteiger partial charge in [-0.1, -0.05) is 40.5 Å². The molecular weight excluding hydrogens is 268 g/mol. The fourth-order valence-electron chi connectivity index (χ4n) is 1.86. The van der Waals surface area contributed by atoms with Gasteiger partial charge in [0.2, 0.25) is 0 Å². The zero-order valence-corrected chi connectivity index (χ0v) is 15.5. The van der Waals surface area contributed by atoms with E-state index in [4.69, 9.17) is 9.16 Å². The number of ether oxygens (including phenoxy) is 1. The smallest absolute Gasteiger partial charge is 0.305 e. The van der Waals surface area contributed by atoms with E-state index in [0.29, 0.717) is 12.5 Å². The lowest BCUT2D eigenvalue weighted by atomic mass is 10.1. The topological polar surface area (TPSA) is 35.5 Å². The van der Waals surface area contributed by atoms with Gasteiger partial charge in [0.05, 0.1) is 7.11 Å². The fraction of sp³-hybridized carbons (Fsp3) is 0.938. The van der Waals surface area contributed by atoms with Crippen LogP contribution in [0.4, 0.5) is 0 Å². The van der Waals surface area contributed by atoms with E-state index in [2.05, 4.69) is 40.8 Å². The van der Waals surface area contributed by atoms with E-state index < -0.39 is 8.32 Å². The van der Waals surface area contributed by atoms with Gasteiger partial charge in [-0.15, -0.1) is 0 Å². The van der Waals surface area contributed by atoms with Crippen LogP contribution in [0.1, 0.15) is 66.2 Å². The summed E-state index contributed by atoms with van der Waals surface area (Å²) in [6.45, 7) is 13.6. The van der Waals surface area contributed by atoms with E-state index in [1.165, 1.54) is 20.0 Å². The monoisotopic (exact) mass is 302 g/mol. The molecule has 0 aromatic heterocycles. The number of esters is 1. The number of rotatable bonds is 9. The normalized spacial score (nSPS) is 14.2. The summed E-state index contributed by atoms with van der Waals surface area (Å²) in [5, 5.41) is 0.236. The van der Waals surface area contributed by atoms with E-state index in [0.717, 1.165) is 19.3 Å². The van der Waals surface area contributed by atoms with Crippen LogP contribution in [0.5, 0.6) is 0 Å². The zero-order valence-electron chi connectivity index (χ0n) is 14.5. The van der Waals surface area contributed by atoms with E-state index in [1.54, 1.807) is 0 Å². The molecule has 0 fully saturated rings. The third kappa shape index (κ3) is 7.43. The summed E-state index contributed by atoms with van der Waals surface area (Å²) in [5.74, 6) is -0.119. The molecule has 120 valence electrons. The predicted molar refractivity (Wildman–Crippen MR) is 87.5 cm³/mol. The molecule has 0 spiro atoms. The molecule has 0 aromatic rings. The van der Waals surface area contributed by atoms with Crippen molar-refractivity contribution in [2.24, 2.45) is 0 Å². The van der Waals surface area contributed by atoms with Crippen molar-refractivity contribution in [2.45, 2.75) is 90.5 Å². The summed E-state index contributed by atoms with van der Waals surface area (Å²) < 4.78 is 11.2. The molecule has 0 radical (unpaired) electrons. The Morgan fingerprint density at radius 3 is 2.15 bits per heavy atom. The summed E-state index contributed by atoms with van der Waals surface area (Å²) >= 11 is 0. The van der Waals surface area contributed by atoms with E-state index >= 15 is 0 Å². The Hall–Kier alpha value is -0.353. The van der Waals surface area contributed by atoms with Crippen LogP contribution in [0.25, 0.3) is 0 Å². The molecule has 3 nitrogen and oxygen atoms in total. The van der Waals surface area contributed by atoms with Crippen LogP contribution in [0, 0.1) is 0 Å². The number of carbonyl (C=O) groups is 1. The number of hydrogen-bond acceptors (Lipinski definition) is 3. The van der Waals surface area contributed by atoms with Gasteiger partial charge in [-0.2, -0.15) is 0 Å². The lowest BCUT2D eigenvalue weighted by Crippen LogP contribution is -2.44. The second kappa shape index (κ2) is 8.83. The van der Waals surface area contributed by atoms with Crippen LogP contribution in [0.3, 0.4) is 0 Å². The van der Waals surface area contributed by atoms with Crippen LogP contribution in [0.2, 0.25) is 18.1 Å². The largest absolute Gasteiger partial charge is 0.469 e. The summed E-state index contributed by atoms with van der Waals surface area (Å²) in [5.41, 5.74) is 0. The lowest BCUT2D eigenvalue weighted by Gasteiger charge is -2.39. The molecule has 0 aliphatic rings. The summed E-state index contributed by atoms with van der Waals surface area (Å²) in [4.78, 5) is 11.2. The Kier molecular flexibility index (Phi) is 8.67. The highest BCUT2D eigenvalue weighted by Crippen LogP contribution is 2.38. The Balaban J connectivity index is 4.44. The van der Waals surface area contributed by atoms with Crippen LogP contribution in [-0.2, 0) is 14.0 Å². The molecule has 1 unspecified atom stereocenters. The third-order valence-corrected chi connectivity index (χ3v) is 8.82. The van der Waals surface area contributed by atoms with Gasteiger partial charge in [0.15, 0.2) is 8.32 Å². The minimum absolute atomic E-state index is 0.119. The highest BCUT2D eigenvalue weighted by molar-refractivity contribution is 6.74. The van der Waals surface area contributed by atoms with Gasteiger partial charge in [-0.05, 0) is 37.4 Å². The maximum atomic E-state index is 11.2. The van der Waals surface area contributed by atoms with Crippen molar-refractivity contribution in [3.8, 4) is 0 Å². The first-order chi connectivity index (χ1) is 9.14. The first-order valence-electron chi connectivity index (χ1n) is 7.88. The van der Waals surface area contributed by atoms with E-state index in [1.807, 2.05) is 0 Å². The molecule has 0 heterocycles. The van der Waals surface area contributed by atoms with Crippen LogP contribution in [-0.4, -0.2) is 27.5 Å². The summed E-state index contributed by atoms with van der Waals surface area (Å²) in [7, 11) is -0.272. The second-order valence-electron chi connectivity index (χ2n) is 7.11. The lowest BCUT2D eigenvalue weighted by molar-refractivity contribution is -0.140. The van der Waals surface area contributed by atoms with Gasteiger partial charge in [0.25, 0.3) is 0 Å². The van der Waals surface area contributed by atoms with Gasteiger partial charge >= 0.3 is 5.97 Å². The van der Waals surface area contributed by atoms with E-state index in [9.17, 15) is 4.79 Å². The first kappa shape index (κ1) is 19.6. The van der Waals surface area contributed by atoms with Crippen molar-refractivity contribution in [2.75, 3.05) is 7.11 Å². The van der Waals surface area contributed by atoms with Gasteiger partial charge < -0.3 is 9.16 Å². The number of carbonyl (C=O) groups excluding carboxylic acids is 1. The molecule has 0 rings (SSSR count). The minimum Gasteiger partial charge on any atom is -0.469 e. The van der Waals surface area contributed by atoms with Crippen LogP contribution >= 0.6 is 0 Å². The van der Waals surface area contributed by atoms with Crippen molar-refractivity contribution in [3.63, 3.8) is 0 Å². The molecule has 0 bridgehead atoms. The quantitative estimate of drug-likeness (QED) is 0.448. The predicted octanol–water partition coefficient (Wildman–Crippen LogP) is 4.91. The van der Waals surface area contributed by atoms with Gasteiger partial charge in [-0.3, -0.25) is 4.79 Å². The van der Waals surface area contributed by atoms with Gasteiger partial charge in [0, 0.05) is 12.5 Å². The van der Waals surface area contributed by atoms with Crippen molar-refractivity contribution in [1.82, 2.24) is 0 Å². The maximum absolute atomic E-state index is 11.2. The molecule has 0 aliphatic carbocycles. The first-order valence-corrected chi connectivity index (χ1v) is 10.8. The van der Waals surface area contributed by atoms with Crippen molar-refractivity contribution in [1.29, 1.82) is 0 Å². The Morgan fingerprint density at radius 2 is 1.70 bits per heavy atom. The zero-order chi connectivity index (χ0) is 15.8. The molecule has 0 saturated heterocycles. The Labute approximate surface area is 126 Å². The Bertz CT molecular complexity index is 282. The molecular formula is C16H34O3Si. The molecule has 0 amide bonds. The second-order valence-corrected chi connectivity index (χ2v) is 11.9. The van der Waals surface area contributed by atoms with Crippen molar-refractivity contribution < 1.29 is 14.0 Å². The summed E-state index contributed by atoms with van der Waals surface area (Å²) in [6, 6.07) is 0. The minimum atomic E-state index is -1.72. The number of hydrogen-bond donors (Lipinski definition) is 0. The highest BCUT2D eigenvalue weighted by Gasteiger charge is 2.38. The highest BCUT2D eigenvalue weighted by atomic mass is 28.4. The molecule has 0 N–H and O–H groups in total. The third-order valence-electron chi connectivity index (χ3n) is 4.28. The van der Waals surface area contributed by atoms with Gasteiger partial charge in [-0.25, -0.2) is 0 Å². The molecule has 20 heavy (non-hydrogen) atoms. The number of unbranched alkanes of at least 4 members (excludes halogenated alkanes) is 1.